The van der Waals surface area contributed by atoms with Gasteiger partial charge in [-0.25, -0.2) is 20.2 Å². The second-order valence-corrected chi connectivity index (χ2v) is 8.81. The van der Waals surface area contributed by atoms with Gasteiger partial charge in [-0.05, 0) is 55.4 Å². The highest BCUT2D eigenvalue weighted by Crippen LogP contribution is 2.43. The molecule has 3 heterocycles. The van der Waals surface area contributed by atoms with Gasteiger partial charge >= 0.3 is 12.0 Å². The molecule has 0 fully saturated rings. The van der Waals surface area contributed by atoms with Crippen molar-refractivity contribution in [3.05, 3.63) is 6.07 Å². The standard InChI is InChI=1S/C17H26N6O2/c1-14(2)16(5,6)22(12(24)18-14)10-9-11(21-20-10)23-13(25)19-15(3,4)17(23,7)8/h9H,1-8H3,(H,20,21). The van der Waals surface area contributed by atoms with E-state index in [0.717, 1.165) is 0 Å². The summed E-state index contributed by atoms with van der Waals surface area (Å²) in [6.07, 6.45) is 0. The molecule has 1 aromatic heterocycles. The number of amidine groups is 2. The van der Waals surface area contributed by atoms with Crippen molar-refractivity contribution in [3.63, 3.8) is 0 Å². The number of aromatic nitrogens is 2. The number of hydrogen-bond acceptors (Lipinski definition) is 5. The highest BCUT2D eigenvalue weighted by molar-refractivity contribution is 5.96. The summed E-state index contributed by atoms with van der Waals surface area (Å²) >= 11 is 0. The van der Waals surface area contributed by atoms with Gasteiger partial charge in [0, 0.05) is 6.07 Å². The summed E-state index contributed by atoms with van der Waals surface area (Å²) in [6.45, 7) is 15.5. The molecular formula is C17H26N6O2. The van der Waals surface area contributed by atoms with Gasteiger partial charge in [-0.3, -0.25) is 14.9 Å². The number of rotatable bonds is 2. The minimum atomic E-state index is -0.538. The third kappa shape index (κ3) is 2.15. The van der Waals surface area contributed by atoms with Crippen LogP contribution in [0, 0.1) is 0 Å². The number of nitrogens with one attached hydrogen (secondary N) is 1. The van der Waals surface area contributed by atoms with E-state index in [0.29, 0.717) is 11.6 Å². The summed E-state index contributed by atoms with van der Waals surface area (Å²) < 4.78 is 0. The van der Waals surface area contributed by atoms with Crippen LogP contribution < -0.4 is 9.80 Å². The third-order valence-corrected chi connectivity index (χ3v) is 6.27. The molecule has 0 saturated carbocycles. The average molecular weight is 346 g/mol. The molecule has 8 nitrogen and oxygen atoms in total. The first kappa shape index (κ1) is 17.6. The minimum absolute atomic E-state index is 0.317. The Kier molecular flexibility index (Phi) is 3.29. The molecule has 2 aliphatic heterocycles. The molecule has 2 radical (unpaired) electrons. The van der Waals surface area contributed by atoms with Crippen molar-refractivity contribution in [1.29, 1.82) is 0 Å². The van der Waals surface area contributed by atoms with Crippen molar-refractivity contribution in [2.24, 2.45) is 9.98 Å². The van der Waals surface area contributed by atoms with Crippen LogP contribution in [0.1, 0.15) is 55.4 Å². The molecular weight excluding hydrogens is 320 g/mol. The highest BCUT2D eigenvalue weighted by atomic mass is 16.3. The van der Waals surface area contributed by atoms with Gasteiger partial charge < -0.3 is 0 Å². The van der Waals surface area contributed by atoms with Crippen LogP contribution >= 0.6 is 0 Å². The molecule has 0 atom stereocenters. The Labute approximate surface area is 148 Å². The summed E-state index contributed by atoms with van der Waals surface area (Å²) in [5.41, 5.74) is -2.13. The van der Waals surface area contributed by atoms with Gasteiger partial charge in [0.1, 0.15) is 5.82 Å². The van der Waals surface area contributed by atoms with Crippen LogP contribution in [0.4, 0.5) is 11.6 Å². The van der Waals surface area contributed by atoms with Crippen LogP contribution in [0.2, 0.25) is 0 Å². The van der Waals surface area contributed by atoms with E-state index in [4.69, 9.17) is 0 Å². The zero-order valence-corrected chi connectivity index (χ0v) is 16.1. The lowest BCUT2D eigenvalue weighted by Crippen LogP contribution is -2.53. The molecule has 8 heteroatoms. The van der Waals surface area contributed by atoms with E-state index in [1.807, 2.05) is 55.4 Å². The Balaban J connectivity index is 2.00. The zero-order valence-electron chi connectivity index (χ0n) is 16.1. The van der Waals surface area contributed by atoms with Gasteiger partial charge in [-0.15, -0.1) is 0 Å². The summed E-state index contributed by atoms with van der Waals surface area (Å²) in [5, 5.41) is 32.1. The molecule has 0 saturated heterocycles. The molecule has 2 aliphatic rings. The van der Waals surface area contributed by atoms with E-state index in [9.17, 15) is 10.2 Å². The Bertz CT molecular complexity index is 709. The Morgan fingerprint density at radius 3 is 1.64 bits per heavy atom. The maximum Gasteiger partial charge on any atom is 0.345 e. The monoisotopic (exact) mass is 346 g/mol. The highest BCUT2D eigenvalue weighted by Gasteiger charge is 2.53. The molecule has 1 aromatic rings. The van der Waals surface area contributed by atoms with Crippen molar-refractivity contribution in [2.75, 3.05) is 9.80 Å². The smallest absolute Gasteiger partial charge is 0.269 e. The van der Waals surface area contributed by atoms with E-state index in [-0.39, 0.29) is 12.0 Å². The fourth-order valence-electron chi connectivity index (χ4n) is 3.20. The number of anilines is 2. The Morgan fingerprint density at radius 1 is 0.800 bits per heavy atom. The summed E-state index contributed by atoms with van der Waals surface area (Å²) in [6, 6.07) is 1.07. The van der Waals surface area contributed by atoms with Crippen LogP contribution in [0.3, 0.4) is 0 Å². The van der Waals surface area contributed by atoms with E-state index >= 15 is 0 Å². The first-order valence-electron chi connectivity index (χ1n) is 8.42. The molecule has 0 aliphatic carbocycles. The van der Waals surface area contributed by atoms with Crippen molar-refractivity contribution in [1.82, 2.24) is 10.2 Å². The summed E-state index contributed by atoms with van der Waals surface area (Å²) in [7, 11) is 0. The zero-order chi connectivity index (χ0) is 19.0. The quantitative estimate of drug-likeness (QED) is 0.891. The number of aromatic amines is 1. The third-order valence-electron chi connectivity index (χ3n) is 6.27. The SMILES string of the molecule is CC1(C)N=C([O])N(c2cc(N3C([O])=NC(C)(C)C3(C)C)[nH]n2)C1(C)C. The first-order valence-corrected chi connectivity index (χ1v) is 8.42. The van der Waals surface area contributed by atoms with Gasteiger partial charge in [-0.2, -0.15) is 5.10 Å². The normalized spacial score (nSPS) is 25.9. The maximum absolute atomic E-state index is 12.4. The van der Waals surface area contributed by atoms with Crippen LogP contribution in [0.25, 0.3) is 0 Å². The Hall–Kier alpha value is -2.25. The van der Waals surface area contributed by atoms with Crippen molar-refractivity contribution >= 4 is 23.7 Å². The first-order chi connectivity index (χ1) is 11.2. The molecule has 0 amide bonds. The number of aliphatic imine (C=N–C) groups is 2. The molecule has 0 spiro atoms. The van der Waals surface area contributed by atoms with Crippen LogP contribution in [0.15, 0.2) is 16.1 Å². The second kappa shape index (κ2) is 4.68. The van der Waals surface area contributed by atoms with Crippen molar-refractivity contribution in [2.45, 2.75) is 77.5 Å². The average Bonchev–Trinajstić information content (AvgIpc) is 2.94. The lowest BCUT2D eigenvalue weighted by atomic mass is 9.83. The molecule has 136 valence electrons. The fraction of sp³-hybridized carbons (Fsp3) is 0.706. The topological polar surface area (TPSA) is 99.7 Å². The van der Waals surface area contributed by atoms with E-state index < -0.39 is 22.2 Å². The molecule has 0 aromatic carbocycles. The van der Waals surface area contributed by atoms with Gasteiger partial charge in [0.2, 0.25) is 0 Å². The molecule has 3 rings (SSSR count). The van der Waals surface area contributed by atoms with Gasteiger partial charge in [-0.1, -0.05) is 0 Å². The molecule has 1 N–H and O–H groups in total. The van der Waals surface area contributed by atoms with Gasteiger partial charge in [0.05, 0.1) is 22.2 Å². The summed E-state index contributed by atoms with van der Waals surface area (Å²) in [4.78, 5) is 11.7. The molecule has 0 unspecified atom stereocenters. The molecule has 0 bridgehead atoms. The van der Waals surface area contributed by atoms with Crippen LogP contribution in [0.5, 0.6) is 0 Å². The van der Waals surface area contributed by atoms with Crippen molar-refractivity contribution < 1.29 is 10.2 Å². The number of H-pyrrole nitrogens is 1. The Morgan fingerprint density at radius 2 is 1.24 bits per heavy atom. The summed E-state index contributed by atoms with van der Waals surface area (Å²) in [5.74, 6) is 0.972. The predicted molar refractivity (Wildman–Crippen MR) is 96.1 cm³/mol. The lowest BCUT2D eigenvalue weighted by molar-refractivity contribution is 0.333. The van der Waals surface area contributed by atoms with Crippen LogP contribution in [-0.2, 0) is 10.2 Å². The fourth-order valence-corrected chi connectivity index (χ4v) is 3.20. The maximum atomic E-state index is 12.4. The second-order valence-electron chi connectivity index (χ2n) is 8.81. The predicted octanol–water partition coefficient (Wildman–Crippen LogP) is 2.74. The van der Waals surface area contributed by atoms with E-state index in [1.165, 1.54) is 0 Å². The minimum Gasteiger partial charge on any atom is -0.269 e. The lowest BCUT2D eigenvalue weighted by Gasteiger charge is -2.39. The van der Waals surface area contributed by atoms with Crippen LogP contribution in [-0.4, -0.2) is 44.4 Å². The number of hydrogen-bond donors (Lipinski definition) is 1. The van der Waals surface area contributed by atoms with E-state index in [1.54, 1.807) is 15.9 Å². The number of nitrogens with zero attached hydrogens (tertiary/aromatic N) is 5. The molecule has 25 heavy (non-hydrogen) atoms. The largest absolute Gasteiger partial charge is 0.345 e. The van der Waals surface area contributed by atoms with Gasteiger partial charge in [0.25, 0.3) is 0 Å². The van der Waals surface area contributed by atoms with E-state index in [2.05, 4.69) is 20.2 Å². The van der Waals surface area contributed by atoms with Crippen molar-refractivity contribution in [3.8, 4) is 0 Å². The van der Waals surface area contributed by atoms with Gasteiger partial charge in [0.15, 0.2) is 5.82 Å².